The summed E-state index contributed by atoms with van der Waals surface area (Å²) in [6, 6.07) is 3.34. The molecule has 3 aromatic heterocycles. The maximum atomic E-state index is 12.2. The highest BCUT2D eigenvalue weighted by atomic mass is 19.4. The average Bonchev–Trinajstić information content (AvgIpc) is 2.80. The van der Waals surface area contributed by atoms with Crippen molar-refractivity contribution in [2.45, 2.75) is 6.18 Å². The zero-order valence-corrected chi connectivity index (χ0v) is 10.8. The van der Waals surface area contributed by atoms with Crippen LogP contribution in [0.4, 0.5) is 13.2 Å². The van der Waals surface area contributed by atoms with Crippen molar-refractivity contribution >= 4 is 11.2 Å². The van der Waals surface area contributed by atoms with Crippen LogP contribution in [0.3, 0.4) is 0 Å². The maximum Gasteiger partial charge on any atom is 0.425 e. The molecule has 7 nitrogen and oxygen atoms in total. The molecule has 0 aliphatic carbocycles. The maximum absolute atomic E-state index is 12.2. The van der Waals surface area contributed by atoms with Crippen molar-refractivity contribution in [3.05, 3.63) is 41.2 Å². The van der Waals surface area contributed by atoms with E-state index >= 15 is 0 Å². The predicted molar refractivity (Wildman–Crippen MR) is 68.9 cm³/mol. The number of nitrogens with zero attached hydrogens (tertiary/aromatic N) is 4. The minimum absolute atomic E-state index is 0.0805. The van der Waals surface area contributed by atoms with Crippen LogP contribution >= 0.6 is 0 Å². The Morgan fingerprint density at radius 1 is 1.32 bits per heavy atom. The Balaban J connectivity index is 2.05. The number of alkyl halides is 3. The molecule has 0 aliphatic rings. The molecule has 3 aromatic rings. The summed E-state index contributed by atoms with van der Waals surface area (Å²) in [7, 11) is 0. The zero-order chi connectivity index (χ0) is 15.7. The second kappa shape index (κ2) is 5.13. The Labute approximate surface area is 120 Å². The summed E-state index contributed by atoms with van der Waals surface area (Å²) >= 11 is 0. The monoisotopic (exact) mass is 311 g/mol. The van der Waals surface area contributed by atoms with Gasteiger partial charge in [-0.3, -0.25) is 4.98 Å². The lowest BCUT2D eigenvalue weighted by atomic mass is 10.3. The quantitative estimate of drug-likeness (QED) is 0.785. The summed E-state index contributed by atoms with van der Waals surface area (Å²) in [5.41, 5.74) is -0.222. The van der Waals surface area contributed by atoms with Crippen LogP contribution < -0.4 is 10.5 Å². The molecule has 0 bridgehead atoms. The van der Waals surface area contributed by atoms with Gasteiger partial charge in [0.05, 0.1) is 6.20 Å². The largest absolute Gasteiger partial charge is 0.425 e. The number of rotatable bonds is 3. The molecular formula is C12H8F3N5O2. The molecule has 0 radical (unpaired) electrons. The Morgan fingerprint density at radius 2 is 2.14 bits per heavy atom. The number of nitrogens with one attached hydrogen (secondary N) is 1. The number of pyridine rings is 1. The van der Waals surface area contributed by atoms with Gasteiger partial charge in [0.1, 0.15) is 5.52 Å². The van der Waals surface area contributed by atoms with Crippen molar-refractivity contribution in [2.24, 2.45) is 0 Å². The lowest BCUT2D eigenvalue weighted by molar-refractivity contribution is -0.174. The first-order valence-electron chi connectivity index (χ1n) is 6.02. The molecule has 0 amide bonds. The van der Waals surface area contributed by atoms with Gasteiger partial charge in [-0.05, 0) is 12.1 Å². The van der Waals surface area contributed by atoms with Gasteiger partial charge < -0.3 is 9.82 Å². The first kappa shape index (κ1) is 14.0. The van der Waals surface area contributed by atoms with Crippen LogP contribution in [0.25, 0.3) is 22.6 Å². The number of hydrogen-bond acceptors (Lipinski definition) is 5. The molecule has 0 aliphatic heterocycles. The van der Waals surface area contributed by atoms with E-state index in [4.69, 9.17) is 0 Å². The molecule has 0 unspecified atom stereocenters. The van der Waals surface area contributed by atoms with Crippen molar-refractivity contribution in [1.82, 2.24) is 24.7 Å². The van der Waals surface area contributed by atoms with Crippen LogP contribution in [0.2, 0.25) is 0 Å². The summed E-state index contributed by atoms with van der Waals surface area (Å²) < 4.78 is 37.2. The SMILES string of the molecule is O=c1[nH]c2cnc(-c3cccnc3)nc2n1OCC(F)(F)F. The molecule has 1 N–H and O–H groups in total. The number of imidazole rings is 1. The first-order valence-corrected chi connectivity index (χ1v) is 6.02. The fourth-order valence-electron chi connectivity index (χ4n) is 1.77. The topological polar surface area (TPSA) is 85.7 Å². The zero-order valence-electron chi connectivity index (χ0n) is 10.8. The van der Waals surface area contributed by atoms with Gasteiger partial charge in [0.15, 0.2) is 5.82 Å². The Morgan fingerprint density at radius 3 is 2.82 bits per heavy atom. The van der Waals surface area contributed by atoms with E-state index in [2.05, 4.69) is 24.8 Å². The fraction of sp³-hybridized carbons (Fsp3) is 0.167. The first-order chi connectivity index (χ1) is 10.4. The minimum Gasteiger partial charge on any atom is -0.398 e. The molecule has 0 atom stereocenters. The number of aromatic amines is 1. The smallest absolute Gasteiger partial charge is 0.398 e. The number of aromatic nitrogens is 5. The molecule has 0 spiro atoms. The molecule has 22 heavy (non-hydrogen) atoms. The second-order valence-corrected chi connectivity index (χ2v) is 4.29. The van der Waals surface area contributed by atoms with Crippen molar-refractivity contribution in [3.63, 3.8) is 0 Å². The Kier molecular flexibility index (Phi) is 3.28. The molecule has 3 heterocycles. The Bertz CT molecular complexity index is 857. The molecule has 114 valence electrons. The van der Waals surface area contributed by atoms with Crippen molar-refractivity contribution in [1.29, 1.82) is 0 Å². The van der Waals surface area contributed by atoms with E-state index in [0.29, 0.717) is 10.3 Å². The van der Waals surface area contributed by atoms with E-state index in [0.717, 1.165) is 0 Å². The van der Waals surface area contributed by atoms with Gasteiger partial charge >= 0.3 is 11.9 Å². The van der Waals surface area contributed by atoms with Gasteiger partial charge in [0.2, 0.25) is 12.3 Å². The second-order valence-electron chi connectivity index (χ2n) is 4.29. The van der Waals surface area contributed by atoms with Crippen LogP contribution in [0.15, 0.2) is 35.5 Å². The third kappa shape index (κ3) is 2.75. The molecule has 10 heteroatoms. The van der Waals surface area contributed by atoms with E-state index in [9.17, 15) is 18.0 Å². The third-order valence-electron chi connectivity index (χ3n) is 2.66. The van der Waals surface area contributed by atoms with E-state index in [-0.39, 0.29) is 17.0 Å². The summed E-state index contributed by atoms with van der Waals surface area (Å²) in [5, 5.41) is 0. The molecule has 3 rings (SSSR count). The van der Waals surface area contributed by atoms with Crippen LogP contribution in [0, 0.1) is 0 Å². The van der Waals surface area contributed by atoms with Crippen LogP contribution in [0.5, 0.6) is 0 Å². The molecule has 0 aromatic carbocycles. The number of hydrogen-bond donors (Lipinski definition) is 1. The highest BCUT2D eigenvalue weighted by Gasteiger charge is 2.29. The summed E-state index contributed by atoms with van der Waals surface area (Å²) in [6.07, 6.45) is -0.227. The van der Waals surface area contributed by atoms with Gasteiger partial charge in [-0.2, -0.15) is 13.2 Å². The number of fused-ring (bicyclic) bond motifs is 1. The molecule has 0 saturated heterocycles. The predicted octanol–water partition coefficient (Wildman–Crippen LogP) is 1.17. The van der Waals surface area contributed by atoms with E-state index < -0.39 is 18.5 Å². The lowest BCUT2D eigenvalue weighted by Crippen LogP contribution is -2.31. The van der Waals surface area contributed by atoms with E-state index in [1.54, 1.807) is 18.3 Å². The van der Waals surface area contributed by atoms with E-state index in [1.807, 2.05) is 0 Å². The van der Waals surface area contributed by atoms with Crippen molar-refractivity contribution in [2.75, 3.05) is 6.61 Å². The highest BCUT2D eigenvalue weighted by molar-refractivity contribution is 5.72. The lowest BCUT2D eigenvalue weighted by Gasteiger charge is -2.08. The normalized spacial score (nSPS) is 11.8. The van der Waals surface area contributed by atoms with Crippen molar-refractivity contribution in [3.8, 4) is 11.4 Å². The number of halogens is 3. The van der Waals surface area contributed by atoms with Gasteiger partial charge in [-0.15, -0.1) is 4.73 Å². The van der Waals surface area contributed by atoms with Gasteiger partial charge in [0.25, 0.3) is 0 Å². The standard InChI is InChI=1S/C12H8F3N5O2/c13-12(14,15)6-22-20-10-8(18-11(20)21)5-17-9(19-10)7-2-1-3-16-4-7/h1-5H,6H2,(H,18,21). The molecule has 0 saturated carbocycles. The molecular weight excluding hydrogens is 303 g/mol. The summed E-state index contributed by atoms with van der Waals surface area (Å²) in [6.45, 7) is -1.61. The van der Waals surface area contributed by atoms with Gasteiger partial charge in [-0.1, -0.05) is 0 Å². The van der Waals surface area contributed by atoms with Crippen LogP contribution in [-0.4, -0.2) is 37.4 Å². The molecule has 0 fully saturated rings. The van der Waals surface area contributed by atoms with Crippen LogP contribution in [-0.2, 0) is 0 Å². The van der Waals surface area contributed by atoms with E-state index in [1.165, 1.54) is 12.4 Å². The van der Waals surface area contributed by atoms with Gasteiger partial charge in [-0.25, -0.2) is 14.8 Å². The Hall–Kier alpha value is -2.91. The minimum atomic E-state index is -4.57. The third-order valence-corrected chi connectivity index (χ3v) is 2.66. The fourth-order valence-corrected chi connectivity index (χ4v) is 1.77. The van der Waals surface area contributed by atoms with Gasteiger partial charge in [0, 0.05) is 18.0 Å². The summed E-state index contributed by atoms with van der Waals surface area (Å²) in [4.78, 5) is 30.4. The summed E-state index contributed by atoms with van der Waals surface area (Å²) in [5.74, 6) is 0.212. The van der Waals surface area contributed by atoms with Crippen molar-refractivity contribution < 1.29 is 18.0 Å². The average molecular weight is 311 g/mol. The van der Waals surface area contributed by atoms with Crippen LogP contribution in [0.1, 0.15) is 0 Å². The highest BCUT2D eigenvalue weighted by Crippen LogP contribution is 2.16. The number of H-pyrrole nitrogens is 1.